The van der Waals surface area contributed by atoms with Crippen LogP contribution in [0.25, 0.3) is 21.5 Å². The molecule has 98 valence electrons. The average Bonchev–Trinajstić information content (AvgIpc) is 2.44. The summed E-state index contributed by atoms with van der Waals surface area (Å²) in [6.07, 6.45) is 1.19. The molecule has 4 heteroatoms. The van der Waals surface area contributed by atoms with Crippen LogP contribution in [0.4, 0.5) is 8.78 Å². The van der Waals surface area contributed by atoms with Gasteiger partial charge >= 0.3 is 0 Å². The molecule has 0 radical (unpaired) electrons. The fraction of sp³-hybridized carbons (Fsp3) is 0. The zero-order valence-corrected chi connectivity index (χ0v) is 10.2. The number of halogens is 2. The van der Waals surface area contributed by atoms with Gasteiger partial charge in [-0.3, -0.25) is 9.59 Å². The van der Waals surface area contributed by atoms with Crippen LogP contribution in [0.3, 0.4) is 0 Å². The quantitative estimate of drug-likeness (QED) is 0.523. The second-order valence-electron chi connectivity index (χ2n) is 4.44. The summed E-state index contributed by atoms with van der Waals surface area (Å²) in [5.74, 6) is -1.00. The van der Waals surface area contributed by atoms with Crippen molar-refractivity contribution in [3.63, 3.8) is 0 Å². The molecule has 20 heavy (non-hydrogen) atoms. The van der Waals surface area contributed by atoms with Gasteiger partial charge in [-0.05, 0) is 45.8 Å². The molecule has 0 unspecified atom stereocenters. The normalized spacial score (nSPS) is 10.9. The monoisotopic (exact) mass is 270 g/mol. The van der Waals surface area contributed by atoms with Gasteiger partial charge in [0.05, 0.1) is 0 Å². The predicted octanol–water partition coefficient (Wildman–Crippen LogP) is 3.90. The Labute approximate surface area is 112 Å². The molecule has 0 amide bonds. The van der Waals surface area contributed by atoms with Crippen LogP contribution in [0.1, 0.15) is 20.7 Å². The molecule has 0 fully saturated rings. The van der Waals surface area contributed by atoms with Crippen LogP contribution in [0, 0.1) is 11.6 Å². The molecule has 2 nitrogen and oxygen atoms in total. The molecule has 0 saturated heterocycles. The zero-order valence-electron chi connectivity index (χ0n) is 10.2. The fourth-order valence-electron chi connectivity index (χ4n) is 2.49. The minimum absolute atomic E-state index is 0.250. The van der Waals surface area contributed by atoms with Gasteiger partial charge in [0.2, 0.25) is 0 Å². The SMILES string of the molecule is O=Cc1c2ccc(F)cc2c(C=O)c2ccc(F)cc12. The van der Waals surface area contributed by atoms with Crippen LogP contribution in [0.2, 0.25) is 0 Å². The van der Waals surface area contributed by atoms with Crippen LogP contribution in [0.15, 0.2) is 36.4 Å². The topological polar surface area (TPSA) is 34.1 Å². The van der Waals surface area contributed by atoms with Crippen molar-refractivity contribution in [3.8, 4) is 0 Å². The van der Waals surface area contributed by atoms with E-state index in [1.807, 2.05) is 0 Å². The van der Waals surface area contributed by atoms with E-state index in [2.05, 4.69) is 0 Å². The molecular weight excluding hydrogens is 262 g/mol. The summed E-state index contributed by atoms with van der Waals surface area (Å²) in [5, 5.41) is 1.56. The zero-order chi connectivity index (χ0) is 14.3. The summed E-state index contributed by atoms with van der Waals surface area (Å²) < 4.78 is 26.8. The van der Waals surface area contributed by atoms with Crippen molar-refractivity contribution < 1.29 is 18.4 Å². The number of carbonyl (C=O) groups excluding carboxylic acids is 2. The third-order valence-electron chi connectivity index (χ3n) is 3.36. The van der Waals surface area contributed by atoms with Crippen molar-refractivity contribution in [1.29, 1.82) is 0 Å². The van der Waals surface area contributed by atoms with E-state index in [1.54, 1.807) is 0 Å². The molecule has 0 atom stereocenters. The molecule has 0 aromatic heterocycles. The molecule has 0 spiro atoms. The third kappa shape index (κ3) is 1.69. The van der Waals surface area contributed by atoms with Crippen LogP contribution in [0.5, 0.6) is 0 Å². The summed E-state index contributed by atoms with van der Waals surface area (Å²) in [5.41, 5.74) is 0.500. The number of aldehydes is 2. The van der Waals surface area contributed by atoms with Gasteiger partial charge in [-0.2, -0.15) is 0 Å². The first kappa shape index (κ1) is 12.4. The first-order valence-corrected chi connectivity index (χ1v) is 5.90. The van der Waals surface area contributed by atoms with Crippen molar-refractivity contribution in [2.45, 2.75) is 0 Å². The van der Waals surface area contributed by atoms with Crippen molar-refractivity contribution in [3.05, 3.63) is 59.2 Å². The number of carbonyl (C=O) groups is 2. The highest BCUT2D eigenvalue weighted by Crippen LogP contribution is 2.32. The van der Waals surface area contributed by atoms with Gasteiger partial charge in [0.15, 0.2) is 12.6 Å². The Bertz CT molecular complexity index is 796. The number of hydrogen-bond acceptors (Lipinski definition) is 2. The van der Waals surface area contributed by atoms with E-state index < -0.39 is 11.6 Å². The summed E-state index contributed by atoms with van der Waals surface area (Å²) >= 11 is 0. The molecule has 3 rings (SSSR count). The molecule has 0 aliphatic rings. The lowest BCUT2D eigenvalue weighted by Gasteiger charge is -2.10. The Balaban J connectivity index is 2.67. The molecule has 0 aliphatic heterocycles. The van der Waals surface area contributed by atoms with Gasteiger partial charge in [0.25, 0.3) is 0 Å². The Hall–Kier alpha value is -2.62. The number of benzene rings is 3. The van der Waals surface area contributed by atoms with Gasteiger partial charge in [0, 0.05) is 11.1 Å². The molecule has 3 aromatic carbocycles. The van der Waals surface area contributed by atoms with Gasteiger partial charge in [-0.1, -0.05) is 12.1 Å². The summed E-state index contributed by atoms with van der Waals surface area (Å²) in [6, 6.07) is 7.66. The molecule has 0 bridgehead atoms. The summed E-state index contributed by atoms with van der Waals surface area (Å²) in [6.45, 7) is 0. The fourth-order valence-corrected chi connectivity index (χ4v) is 2.49. The average molecular weight is 270 g/mol. The first-order chi connectivity index (χ1) is 9.65. The van der Waals surface area contributed by atoms with Crippen LogP contribution >= 0.6 is 0 Å². The molecule has 0 saturated carbocycles. The largest absolute Gasteiger partial charge is 0.298 e. The molecule has 0 N–H and O–H groups in total. The lowest BCUT2D eigenvalue weighted by molar-refractivity contribution is 0.111. The molecule has 0 heterocycles. The molecule has 3 aromatic rings. The highest BCUT2D eigenvalue weighted by molar-refractivity contribution is 6.19. The minimum atomic E-state index is -0.501. The second-order valence-corrected chi connectivity index (χ2v) is 4.44. The number of rotatable bonds is 2. The van der Waals surface area contributed by atoms with Crippen molar-refractivity contribution in [2.24, 2.45) is 0 Å². The van der Waals surface area contributed by atoms with Crippen LogP contribution in [-0.4, -0.2) is 12.6 Å². The Morgan fingerprint density at radius 1 is 0.650 bits per heavy atom. The van der Waals surface area contributed by atoms with Crippen molar-refractivity contribution in [2.75, 3.05) is 0 Å². The Kier molecular flexibility index (Phi) is 2.79. The number of hydrogen-bond donors (Lipinski definition) is 0. The predicted molar refractivity (Wildman–Crippen MR) is 72.1 cm³/mol. The van der Waals surface area contributed by atoms with Crippen molar-refractivity contribution in [1.82, 2.24) is 0 Å². The molecular formula is C16H8F2O2. The van der Waals surface area contributed by atoms with E-state index in [4.69, 9.17) is 0 Å². The third-order valence-corrected chi connectivity index (χ3v) is 3.36. The highest BCUT2D eigenvalue weighted by Gasteiger charge is 2.14. The maximum Gasteiger partial charge on any atom is 0.151 e. The first-order valence-electron chi connectivity index (χ1n) is 5.90. The van der Waals surface area contributed by atoms with E-state index in [9.17, 15) is 18.4 Å². The minimum Gasteiger partial charge on any atom is -0.298 e. The highest BCUT2D eigenvalue weighted by atomic mass is 19.1. The maximum absolute atomic E-state index is 13.4. The van der Waals surface area contributed by atoms with Crippen molar-refractivity contribution >= 4 is 34.1 Å². The Morgan fingerprint density at radius 2 is 1.05 bits per heavy atom. The van der Waals surface area contributed by atoms with E-state index >= 15 is 0 Å². The maximum atomic E-state index is 13.4. The van der Waals surface area contributed by atoms with E-state index in [1.165, 1.54) is 36.4 Å². The van der Waals surface area contributed by atoms with Gasteiger partial charge in [0.1, 0.15) is 11.6 Å². The van der Waals surface area contributed by atoms with E-state index in [0.29, 0.717) is 34.1 Å². The van der Waals surface area contributed by atoms with Gasteiger partial charge in [-0.15, -0.1) is 0 Å². The smallest absolute Gasteiger partial charge is 0.151 e. The van der Waals surface area contributed by atoms with E-state index in [0.717, 1.165) is 0 Å². The Morgan fingerprint density at radius 3 is 1.40 bits per heavy atom. The summed E-state index contributed by atoms with van der Waals surface area (Å²) in [7, 11) is 0. The van der Waals surface area contributed by atoms with E-state index in [-0.39, 0.29) is 11.1 Å². The second kappa shape index (κ2) is 4.49. The van der Waals surface area contributed by atoms with Crippen LogP contribution < -0.4 is 0 Å². The molecule has 0 aliphatic carbocycles. The van der Waals surface area contributed by atoms with Gasteiger partial charge in [-0.25, -0.2) is 8.78 Å². The van der Waals surface area contributed by atoms with Crippen LogP contribution in [-0.2, 0) is 0 Å². The number of fused-ring (bicyclic) bond motifs is 2. The summed E-state index contributed by atoms with van der Waals surface area (Å²) in [4.78, 5) is 22.7. The lowest BCUT2D eigenvalue weighted by Crippen LogP contribution is -1.95. The lowest BCUT2D eigenvalue weighted by atomic mass is 9.92. The standard InChI is InChI=1S/C16H8F2O2/c17-9-1-3-11-13(5-9)16(8-20)12-4-2-10(18)6-14(12)15(11)7-19/h1-8H. The van der Waals surface area contributed by atoms with Gasteiger partial charge < -0.3 is 0 Å².